The van der Waals surface area contributed by atoms with Crippen LogP contribution in [0.5, 0.6) is 0 Å². The van der Waals surface area contributed by atoms with Crippen molar-refractivity contribution in [1.29, 1.82) is 5.26 Å². The van der Waals surface area contributed by atoms with E-state index in [0.717, 1.165) is 20.8 Å². The first-order valence-corrected chi connectivity index (χ1v) is 6.36. The second-order valence-electron chi connectivity index (χ2n) is 3.76. The van der Waals surface area contributed by atoms with E-state index >= 15 is 0 Å². The van der Waals surface area contributed by atoms with Gasteiger partial charge in [-0.15, -0.1) is 11.3 Å². The summed E-state index contributed by atoms with van der Waals surface area (Å²) in [4.78, 5) is 5.94. The lowest BCUT2D eigenvalue weighted by Crippen LogP contribution is -1.92. The zero-order valence-electron chi connectivity index (χ0n) is 9.38. The quantitative estimate of drug-likeness (QED) is 0.685. The first kappa shape index (κ1) is 11.2. The minimum atomic E-state index is 0.536. The van der Waals surface area contributed by atoms with Gasteiger partial charge in [0.15, 0.2) is 0 Å². The van der Waals surface area contributed by atoms with Gasteiger partial charge in [-0.2, -0.15) is 10.4 Å². The highest BCUT2D eigenvalue weighted by Gasteiger charge is 2.16. The summed E-state index contributed by atoms with van der Waals surface area (Å²) < 4.78 is 1.74. The van der Waals surface area contributed by atoms with Crippen LogP contribution in [0.1, 0.15) is 5.56 Å². The number of thiophene rings is 1. The molecule has 3 aromatic rings. The molecule has 4 nitrogen and oxygen atoms in total. The molecule has 6 heteroatoms. The van der Waals surface area contributed by atoms with Crippen molar-refractivity contribution in [2.75, 3.05) is 0 Å². The van der Waals surface area contributed by atoms with Crippen molar-refractivity contribution in [3.63, 3.8) is 0 Å². The molecule has 3 rings (SSSR count). The first-order chi connectivity index (χ1) is 8.70. The Morgan fingerprint density at radius 3 is 3.00 bits per heavy atom. The van der Waals surface area contributed by atoms with Gasteiger partial charge in [0.05, 0.1) is 21.2 Å². The van der Waals surface area contributed by atoms with Gasteiger partial charge in [-0.3, -0.25) is 4.68 Å². The van der Waals surface area contributed by atoms with Crippen LogP contribution in [0.2, 0.25) is 5.02 Å². The van der Waals surface area contributed by atoms with Gasteiger partial charge < -0.3 is 0 Å². The van der Waals surface area contributed by atoms with Gasteiger partial charge in [-0.25, -0.2) is 4.98 Å². The number of aryl methyl sites for hydroxylation is 1. The van der Waals surface area contributed by atoms with E-state index in [0.29, 0.717) is 10.6 Å². The Balaban J connectivity index is 2.38. The molecular weight excluding hydrogens is 268 g/mol. The van der Waals surface area contributed by atoms with Crippen molar-refractivity contribution >= 4 is 33.2 Å². The van der Waals surface area contributed by atoms with Crippen LogP contribution >= 0.6 is 22.9 Å². The van der Waals surface area contributed by atoms with Crippen molar-refractivity contribution in [1.82, 2.24) is 14.8 Å². The second-order valence-corrected chi connectivity index (χ2v) is 5.20. The molecule has 0 aromatic carbocycles. The summed E-state index contributed by atoms with van der Waals surface area (Å²) in [6, 6.07) is 5.89. The number of halogens is 1. The Kier molecular flexibility index (Phi) is 2.54. The third kappa shape index (κ3) is 1.58. The van der Waals surface area contributed by atoms with Crippen LogP contribution in [0, 0.1) is 11.3 Å². The molecule has 0 N–H and O–H groups in total. The molecule has 0 unspecified atom stereocenters. The number of hydrogen-bond donors (Lipinski definition) is 0. The summed E-state index contributed by atoms with van der Waals surface area (Å²) in [5.74, 6) is 0. The highest BCUT2D eigenvalue weighted by molar-refractivity contribution is 7.22. The van der Waals surface area contributed by atoms with E-state index in [1.807, 2.05) is 13.1 Å². The van der Waals surface area contributed by atoms with Crippen molar-refractivity contribution in [2.45, 2.75) is 0 Å². The normalized spacial score (nSPS) is 10.7. The van der Waals surface area contributed by atoms with Crippen molar-refractivity contribution in [2.24, 2.45) is 7.05 Å². The van der Waals surface area contributed by atoms with Crippen LogP contribution in [0.25, 0.3) is 20.8 Å². The summed E-state index contributed by atoms with van der Waals surface area (Å²) in [6.45, 7) is 0. The highest BCUT2D eigenvalue weighted by Crippen LogP contribution is 2.37. The number of nitriles is 1. The van der Waals surface area contributed by atoms with E-state index in [9.17, 15) is 5.26 Å². The number of hydrogen-bond acceptors (Lipinski definition) is 4. The molecule has 0 bridgehead atoms. The smallest absolute Gasteiger partial charge is 0.125 e. The molecule has 0 saturated heterocycles. The van der Waals surface area contributed by atoms with Gasteiger partial charge in [-0.05, 0) is 12.1 Å². The molecule has 0 amide bonds. The Labute approximate surface area is 112 Å². The van der Waals surface area contributed by atoms with Gasteiger partial charge >= 0.3 is 0 Å². The standard InChI is InChI=1S/C12H7ClN4S/c1-17-10(2-3-16-17)11-9(5-14)8-4-7(13)6-15-12(8)18-11/h2-4,6H,1H3. The average Bonchev–Trinajstić information content (AvgIpc) is 2.91. The molecule has 18 heavy (non-hydrogen) atoms. The number of pyridine rings is 1. The molecule has 88 valence electrons. The average molecular weight is 275 g/mol. The largest absolute Gasteiger partial charge is 0.267 e. The molecule has 0 spiro atoms. The van der Waals surface area contributed by atoms with E-state index in [1.54, 1.807) is 23.1 Å². The van der Waals surface area contributed by atoms with Gasteiger partial charge in [0.2, 0.25) is 0 Å². The maximum absolute atomic E-state index is 9.34. The molecule has 0 aliphatic rings. The van der Waals surface area contributed by atoms with Crippen LogP contribution in [0.15, 0.2) is 24.5 Å². The fourth-order valence-electron chi connectivity index (χ4n) is 1.85. The zero-order valence-corrected chi connectivity index (χ0v) is 11.0. The van der Waals surface area contributed by atoms with E-state index in [-0.39, 0.29) is 0 Å². The summed E-state index contributed by atoms with van der Waals surface area (Å²) in [5.41, 5.74) is 1.51. The molecule has 0 aliphatic heterocycles. The van der Waals surface area contributed by atoms with E-state index in [4.69, 9.17) is 11.6 Å². The summed E-state index contributed by atoms with van der Waals surface area (Å²) in [7, 11) is 1.85. The fourth-order valence-corrected chi connectivity index (χ4v) is 3.14. The number of fused-ring (bicyclic) bond motifs is 1. The molecule has 3 heterocycles. The maximum Gasteiger partial charge on any atom is 0.125 e. The Bertz CT molecular complexity index is 781. The maximum atomic E-state index is 9.34. The topological polar surface area (TPSA) is 54.5 Å². The highest BCUT2D eigenvalue weighted by atomic mass is 35.5. The van der Waals surface area contributed by atoms with Crippen LogP contribution in [-0.4, -0.2) is 14.8 Å². The van der Waals surface area contributed by atoms with E-state index in [1.165, 1.54) is 11.3 Å². The van der Waals surface area contributed by atoms with E-state index in [2.05, 4.69) is 16.2 Å². The second kappa shape index (κ2) is 4.09. The van der Waals surface area contributed by atoms with Crippen LogP contribution in [0.4, 0.5) is 0 Å². The lowest BCUT2D eigenvalue weighted by molar-refractivity contribution is 0.777. The van der Waals surface area contributed by atoms with Gasteiger partial charge in [0.25, 0.3) is 0 Å². The van der Waals surface area contributed by atoms with Crippen molar-refractivity contribution in [3.8, 4) is 16.6 Å². The predicted molar refractivity (Wildman–Crippen MR) is 71.5 cm³/mol. The molecule has 0 radical (unpaired) electrons. The Morgan fingerprint density at radius 1 is 1.50 bits per heavy atom. The summed E-state index contributed by atoms with van der Waals surface area (Å²) >= 11 is 7.40. The SMILES string of the molecule is Cn1nccc1-c1sc2ncc(Cl)cc2c1C#N. The summed E-state index contributed by atoms with van der Waals surface area (Å²) in [6.07, 6.45) is 3.30. The van der Waals surface area contributed by atoms with Gasteiger partial charge in [0, 0.05) is 24.8 Å². The number of nitrogens with zero attached hydrogens (tertiary/aromatic N) is 4. The Morgan fingerprint density at radius 2 is 2.33 bits per heavy atom. The molecule has 0 saturated carbocycles. The summed E-state index contributed by atoms with van der Waals surface area (Å²) in [5, 5.41) is 14.8. The number of rotatable bonds is 1. The zero-order chi connectivity index (χ0) is 12.7. The Hall–Kier alpha value is -1.90. The monoisotopic (exact) mass is 274 g/mol. The van der Waals surface area contributed by atoms with Gasteiger partial charge in [0.1, 0.15) is 10.9 Å². The molecular formula is C12H7ClN4S. The first-order valence-electron chi connectivity index (χ1n) is 5.17. The van der Waals surface area contributed by atoms with Crippen LogP contribution in [0.3, 0.4) is 0 Å². The molecule has 0 aliphatic carbocycles. The molecule has 0 fully saturated rings. The fraction of sp³-hybridized carbons (Fsp3) is 0.0833. The molecule has 3 aromatic heterocycles. The van der Waals surface area contributed by atoms with Gasteiger partial charge in [-0.1, -0.05) is 11.6 Å². The number of aromatic nitrogens is 3. The van der Waals surface area contributed by atoms with Crippen molar-refractivity contribution < 1.29 is 0 Å². The van der Waals surface area contributed by atoms with Crippen LogP contribution < -0.4 is 0 Å². The minimum absolute atomic E-state index is 0.536. The van der Waals surface area contributed by atoms with E-state index < -0.39 is 0 Å². The lowest BCUT2D eigenvalue weighted by atomic mass is 10.1. The van der Waals surface area contributed by atoms with Crippen molar-refractivity contribution in [3.05, 3.63) is 35.1 Å². The minimum Gasteiger partial charge on any atom is -0.267 e. The van der Waals surface area contributed by atoms with Crippen LogP contribution in [-0.2, 0) is 7.05 Å². The third-order valence-electron chi connectivity index (χ3n) is 2.68. The molecule has 0 atom stereocenters. The predicted octanol–water partition coefficient (Wildman–Crippen LogP) is 3.22. The lowest BCUT2D eigenvalue weighted by Gasteiger charge is -1.98. The third-order valence-corrected chi connectivity index (χ3v) is 4.02.